The Bertz CT molecular complexity index is 702. The van der Waals surface area contributed by atoms with Crippen LogP contribution in [-0.4, -0.2) is 28.0 Å². The number of carbonyl (C=O) groups excluding carboxylic acids is 1. The molecule has 0 radical (unpaired) electrons. The highest BCUT2D eigenvalue weighted by Gasteiger charge is 2.26. The van der Waals surface area contributed by atoms with Crippen molar-refractivity contribution in [1.29, 1.82) is 0 Å². The lowest BCUT2D eigenvalue weighted by Gasteiger charge is -2.23. The Kier molecular flexibility index (Phi) is 3.08. The van der Waals surface area contributed by atoms with E-state index in [9.17, 15) is 9.18 Å². The summed E-state index contributed by atoms with van der Waals surface area (Å²) in [6.07, 6.45) is 5.00. The van der Waals surface area contributed by atoms with Crippen LogP contribution in [0.2, 0.25) is 0 Å². The number of amides is 1. The van der Waals surface area contributed by atoms with Crippen molar-refractivity contribution in [3.05, 3.63) is 47.9 Å². The molecule has 3 nitrogen and oxygen atoms in total. The van der Waals surface area contributed by atoms with E-state index < -0.39 is 0 Å². The van der Waals surface area contributed by atoms with E-state index >= 15 is 0 Å². The quantitative estimate of drug-likeness (QED) is 0.771. The summed E-state index contributed by atoms with van der Waals surface area (Å²) in [5.74, 6) is -0.280. The fraction of sp³-hybridized carbons (Fsp3) is 0.312. The first-order chi connectivity index (χ1) is 9.61. The third-order valence-corrected chi connectivity index (χ3v) is 3.96. The lowest BCUT2D eigenvalue weighted by Crippen LogP contribution is -2.36. The topological polar surface area (TPSA) is 25.2 Å². The zero-order valence-corrected chi connectivity index (χ0v) is 11.6. The van der Waals surface area contributed by atoms with Crippen LogP contribution in [-0.2, 0) is 7.05 Å². The Morgan fingerprint density at radius 2 is 2.20 bits per heavy atom. The molecule has 1 aliphatic heterocycles. The maximum Gasteiger partial charge on any atom is 0.271 e. The normalized spacial score (nSPS) is 18.1. The molecule has 0 spiro atoms. The third kappa shape index (κ3) is 1.92. The van der Waals surface area contributed by atoms with E-state index in [1.165, 1.54) is 12.1 Å². The number of benzene rings is 1. The van der Waals surface area contributed by atoms with Crippen molar-refractivity contribution in [2.75, 3.05) is 6.54 Å². The van der Waals surface area contributed by atoms with Crippen LogP contribution in [0.15, 0.2) is 36.4 Å². The van der Waals surface area contributed by atoms with Gasteiger partial charge in [0.1, 0.15) is 11.5 Å². The predicted octanol–water partition coefficient (Wildman–Crippen LogP) is 3.11. The van der Waals surface area contributed by atoms with Crippen molar-refractivity contribution >= 4 is 16.8 Å². The molecule has 104 valence electrons. The summed E-state index contributed by atoms with van der Waals surface area (Å²) in [6.45, 7) is 2.71. The van der Waals surface area contributed by atoms with Gasteiger partial charge in [-0.3, -0.25) is 4.79 Å². The molecule has 2 aromatic rings. The highest BCUT2D eigenvalue weighted by atomic mass is 19.1. The molecular weight excluding hydrogens is 255 g/mol. The molecule has 20 heavy (non-hydrogen) atoms. The molecule has 1 amide bonds. The van der Waals surface area contributed by atoms with Gasteiger partial charge in [0.15, 0.2) is 0 Å². The van der Waals surface area contributed by atoms with Crippen LogP contribution in [0.3, 0.4) is 0 Å². The van der Waals surface area contributed by atoms with Gasteiger partial charge in [-0.05, 0) is 30.7 Å². The van der Waals surface area contributed by atoms with E-state index in [1.807, 2.05) is 22.6 Å². The summed E-state index contributed by atoms with van der Waals surface area (Å²) in [5, 5.41) is 0.760. The number of aryl methyl sites for hydroxylation is 1. The second-order valence-electron chi connectivity index (χ2n) is 5.15. The van der Waals surface area contributed by atoms with E-state index in [0.717, 1.165) is 17.3 Å². The minimum absolute atomic E-state index is 0.000887. The Morgan fingerprint density at radius 1 is 1.40 bits per heavy atom. The number of hydrogen-bond donors (Lipinski definition) is 0. The highest BCUT2D eigenvalue weighted by molar-refractivity contribution is 5.99. The van der Waals surface area contributed by atoms with Crippen molar-refractivity contribution in [3.8, 4) is 0 Å². The van der Waals surface area contributed by atoms with Crippen molar-refractivity contribution in [2.24, 2.45) is 7.05 Å². The van der Waals surface area contributed by atoms with Crippen molar-refractivity contribution in [2.45, 2.75) is 19.4 Å². The molecular formula is C16H17FN2O. The number of aromatic nitrogens is 1. The average molecular weight is 272 g/mol. The summed E-state index contributed by atoms with van der Waals surface area (Å²) < 4.78 is 15.1. The number of nitrogens with zero attached hydrogens (tertiary/aromatic N) is 2. The Labute approximate surface area is 117 Å². The molecule has 0 N–H and O–H groups in total. The largest absolute Gasteiger partial charge is 0.340 e. The van der Waals surface area contributed by atoms with Gasteiger partial charge < -0.3 is 9.47 Å². The molecule has 1 aliphatic rings. The standard InChI is InChI=1S/C16H17FN2O/c1-3-13-5-4-8-19(13)16(20)15-10-11-9-12(17)6-7-14(11)18(15)2/h4-7,9-10,13H,3,8H2,1-2H3. The van der Waals surface area contributed by atoms with Crippen LogP contribution >= 0.6 is 0 Å². The van der Waals surface area contributed by atoms with Crippen LogP contribution in [0, 0.1) is 5.82 Å². The fourth-order valence-corrected chi connectivity index (χ4v) is 2.83. The molecule has 1 aromatic heterocycles. The number of rotatable bonds is 2. The van der Waals surface area contributed by atoms with Crippen LogP contribution in [0.4, 0.5) is 4.39 Å². The van der Waals surface area contributed by atoms with Crippen molar-refractivity contribution in [1.82, 2.24) is 9.47 Å². The monoisotopic (exact) mass is 272 g/mol. The van der Waals surface area contributed by atoms with Gasteiger partial charge in [0.2, 0.25) is 0 Å². The molecule has 0 fully saturated rings. The molecule has 0 bridgehead atoms. The lowest BCUT2D eigenvalue weighted by molar-refractivity contribution is 0.0738. The summed E-state index contributed by atoms with van der Waals surface area (Å²) in [6, 6.07) is 6.53. The molecule has 0 aliphatic carbocycles. The molecule has 3 rings (SSSR count). The van der Waals surface area contributed by atoms with Crippen molar-refractivity contribution < 1.29 is 9.18 Å². The second-order valence-corrected chi connectivity index (χ2v) is 5.15. The zero-order valence-electron chi connectivity index (χ0n) is 11.6. The van der Waals surface area contributed by atoms with E-state index in [1.54, 1.807) is 12.1 Å². The first-order valence-electron chi connectivity index (χ1n) is 6.84. The fourth-order valence-electron chi connectivity index (χ4n) is 2.83. The number of fused-ring (bicyclic) bond motifs is 1. The average Bonchev–Trinajstić information content (AvgIpc) is 3.02. The minimum atomic E-state index is -0.281. The van der Waals surface area contributed by atoms with Crippen LogP contribution < -0.4 is 0 Å². The summed E-state index contributed by atoms with van der Waals surface area (Å²) in [5.41, 5.74) is 1.47. The maximum atomic E-state index is 13.3. The molecule has 0 saturated carbocycles. The second kappa shape index (κ2) is 4.78. The molecule has 4 heteroatoms. The number of halogens is 1. The Balaban J connectivity index is 2.02. The predicted molar refractivity (Wildman–Crippen MR) is 77.1 cm³/mol. The maximum absolute atomic E-state index is 13.3. The van der Waals surface area contributed by atoms with Gasteiger partial charge in [-0.25, -0.2) is 4.39 Å². The number of hydrogen-bond acceptors (Lipinski definition) is 1. The van der Waals surface area contributed by atoms with Crippen LogP contribution in [0.25, 0.3) is 10.9 Å². The Hall–Kier alpha value is -2.10. The summed E-state index contributed by atoms with van der Waals surface area (Å²) in [4.78, 5) is 14.5. The molecule has 0 saturated heterocycles. The Morgan fingerprint density at radius 3 is 2.95 bits per heavy atom. The highest BCUT2D eigenvalue weighted by Crippen LogP contribution is 2.23. The van der Waals surface area contributed by atoms with E-state index in [4.69, 9.17) is 0 Å². The number of carbonyl (C=O) groups is 1. The summed E-state index contributed by atoms with van der Waals surface area (Å²) >= 11 is 0. The van der Waals surface area contributed by atoms with Gasteiger partial charge in [0.05, 0.1) is 6.04 Å². The van der Waals surface area contributed by atoms with E-state index in [2.05, 4.69) is 13.0 Å². The van der Waals surface area contributed by atoms with Gasteiger partial charge in [0, 0.05) is 24.5 Å². The molecule has 1 atom stereocenters. The third-order valence-electron chi connectivity index (χ3n) is 3.96. The van der Waals surface area contributed by atoms with E-state index in [-0.39, 0.29) is 17.8 Å². The van der Waals surface area contributed by atoms with Crippen LogP contribution in [0.1, 0.15) is 23.8 Å². The molecule has 2 heterocycles. The summed E-state index contributed by atoms with van der Waals surface area (Å²) in [7, 11) is 1.85. The van der Waals surface area contributed by atoms with E-state index in [0.29, 0.717) is 12.2 Å². The lowest BCUT2D eigenvalue weighted by atomic mass is 10.2. The molecule has 1 aromatic carbocycles. The first kappa shape index (κ1) is 12.9. The van der Waals surface area contributed by atoms with Gasteiger partial charge >= 0.3 is 0 Å². The first-order valence-corrected chi connectivity index (χ1v) is 6.84. The van der Waals surface area contributed by atoms with Crippen molar-refractivity contribution in [3.63, 3.8) is 0 Å². The van der Waals surface area contributed by atoms with Gasteiger partial charge in [-0.1, -0.05) is 19.1 Å². The minimum Gasteiger partial charge on any atom is -0.340 e. The molecule has 1 unspecified atom stereocenters. The van der Waals surface area contributed by atoms with Gasteiger partial charge in [-0.2, -0.15) is 0 Å². The van der Waals surface area contributed by atoms with Gasteiger partial charge in [0.25, 0.3) is 5.91 Å². The smallest absolute Gasteiger partial charge is 0.271 e. The SMILES string of the molecule is CCC1C=CCN1C(=O)c1cc2cc(F)ccc2n1C. The van der Waals surface area contributed by atoms with Gasteiger partial charge in [-0.15, -0.1) is 0 Å². The van der Waals surface area contributed by atoms with Crippen LogP contribution in [0.5, 0.6) is 0 Å². The zero-order chi connectivity index (χ0) is 14.3.